The Morgan fingerprint density at radius 1 is 1.50 bits per heavy atom. The third-order valence-corrected chi connectivity index (χ3v) is 3.50. The number of hydrogen-bond donors (Lipinski definition) is 0. The molecule has 2 heterocycles. The van der Waals surface area contributed by atoms with E-state index in [4.69, 9.17) is 9.47 Å². The summed E-state index contributed by atoms with van der Waals surface area (Å²) in [5, 5.41) is 0. The summed E-state index contributed by atoms with van der Waals surface area (Å²) in [4.78, 5) is 27.2. The first-order valence-electron chi connectivity index (χ1n) is 5.45. The molecule has 1 aromatic carbocycles. The van der Waals surface area contributed by atoms with Crippen LogP contribution in [0.4, 0.5) is 0 Å². The van der Waals surface area contributed by atoms with E-state index in [-0.39, 0.29) is 0 Å². The molecule has 5 nitrogen and oxygen atoms in total. The molecule has 1 atom stereocenters. The maximum Gasteiger partial charge on any atom is 0.347 e. The second-order valence-electron chi connectivity index (χ2n) is 3.88. The van der Waals surface area contributed by atoms with Crippen LogP contribution in [0, 0.1) is 0 Å². The highest BCUT2D eigenvalue weighted by Gasteiger charge is 2.30. The minimum absolute atomic E-state index is 0.310. The highest BCUT2D eigenvalue weighted by molar-refractivity contribution is 7.16. The molecule has 0 amide bonds. The summed E-state index contributed by atoms with van der Waals surface area (Å²) in [5.41, 5.74) is 2.98. The van der Waals surface area contributed by atoms with Crippen molar-refractivity contribution in [3.05, 3.63) is 29.3 Å². The number of thiazole rings is 1. The molecule has 0 saturated carbocycles. The Morgan fingerprint density at radius 3 is 3.17 bits per heavy atom. The van der Waals surface area contributed by atoms with Crippen molar-refractivity contribution < 1.29 is 19.1 Å². The Bertz CT molecular complexity index is 621. The zero-order valence-electron chi connectivity index (χ0n) is 9.29. The molecule has 1 aliphatic rings. The van der Waals surface area contributed by atoms with Crippen LogP contribution in [0.25, 0.3) is 10.2 Å². The molecule has 92 valence electrons. The Labute approximate surface area is 106 Å². The Balaban J connectivity index is 1.80. The molecule has 0 N–H and O–H groups in total. The van der Waals surface area contributed by atoms with E-state index in [2.05, 4.69) is 4.98 Å². The van der Waals surface area contributed by atoms with Crippen molar-refractivity contribution in [2.75, 3.05) is 6.61 Å². The highest BCUT2D eigenvalue weighted by atomic mass is 32.1. The van der Waals surface area contributed by atoms with Gasteiger partial charge in [0.25, 0.3) is 0 Å². The lowest BCUT2D eigenvalue weighted by atomic mass is 10.2. The Hall–Kier alpha value is -1.95. The molecule has 1 fully saturated rings. The smallest absolute Gasteiger partial charge is 0.347 e. The molecule has 3 rings (SSSR count). The van der Waals surface area contributed by atoms with Crippen LogP contribution < -0.4 is 0 Å². The molecule has 1 aromatic heterocycles. The van der Waals surface area contributed by atoms with Crippen LogP contribution in [-0.2, 0) is 14.3 Å². The van der Waals surface area contributed by atoms with Crippen molar-refractivity contribution in [1.82, 2.24) is 4.98 Å². The van der Waals surface area contributed by atoms with Crippen molar-refractivity contribution >= 4 is 33.5 Å². The summed E-state index contributed by atoms with van der Waals surface area (Å²) in [6, 6.07) is 5.12. The molecule has 0 unspecified atom stereocenters. The lowest BCUT2D eigenvalue weighted by molar-refractivity contribution is -0.145. The van der Waals surface area contributed by atoms with E-state index < -0.39 is 18.0 Å². The van der Waals surface area contributed by atoms with Crippen molar-refractivity contribution in [2.24, 2.45) is 0 Å². The first-order valence-corrected chi connectivity index (χ1v) is 6.33. The Morgan fingerprint density at radius 2 is 2.39 bits per heavy atom. The van der Waals surface area contributed by atoms with E-state index in [0.717, 1.165) is 10.2 Å². The minimum atomic E-state index is -0.769. The van der Waals surface area contributed by atoms with Crippen LogP contribution in [0.5, 0.6) is 0 Å². The quantitative estimate of drug-likeness (QED) is 0.772. The van der Waals surface area contributed by atoms with Gasteiger partial charge in [0.15, 0.2) is 0 Å². The fourth-order valence-corrected chi connectivity index (χ4v) is 2.48. The molecule has 0 radical (unpaired) electrons. The molecule has 0 bridgehead atoms. The van der Waals surface area contributed by atoms with E-state index in [1.54, 1.807) is 23.7 Å². The predicted octanol–water partition coefficient (Wildman–Crippen LogP) is 1.77. The molecule has 2 aromatic rings. The van der Waals surface area contributed by atoms with E-state index in [1.165, 1.54) is 11.3 Å². The first-order chi connectivity index (χ1) is 8.74. The molecule has 1 aliphatic heterocycles. The van der Waals surface area contributed by atoms with Gasteiger partial charge in [-0.3, -0.25) is 0 Å². The number of fused-ring (bicyclic) bond motifs is 1. The number of rotatable bonds is 2. The van der Waals surface area contributed by atoms with Crippen LogP contribution in [0.15, 0.2) is 23.7 Å². The van der Waals surface area contributed by atoms with Gasteiger partial charge in [-0.1, -0.05) is 0 Å². The van der Waals surface area contributed by atoms with Crippen LogP contribution in [0.3, 0.4) is 0 Å². The van der Waals surface area contributed by atoms with E-state index in [9.17, 15) is 9.59 Å². The first kappa shape index (κ1) is 11.2. The van der Waals surface area contributed by atoms with E-state index in [1.807, 2.05) is 0 Å². The third kappa shape index (κ3) is 1.95. The molecular weight excluding hydrogens is 254 g/mol. The summed E-state index contributed by atoms with van der Waals surface area (Å²) >= 11 is 1.45. The Kier molecular flexibility index (Phi) is 2.71. The van der Waals surface area contributed by atoms with Gasteiger partial charge in [-0.2, -0.15) is 0 Å². The second kappa shape index (κ2) is 4.38. The topological polar surface area (TPSA) is 65.5 Å². The fourth-order valence-electron chi connectivity index (χ4n) is 1.76. The van der Waals surface area contributed by atoms with Crippen LogP contribution in [0.1, 0.15) is 16.8 Å². The minimum Gasteiger partial charge on any atom is -0.463 e. The molecular formula is C12H9NO4S. The van der Waals surface area contributed by atoms with Gasteiger partial charge in [0.05, 0.1) is 27.9 Å². The van der Waals surface area contributed by atoms with Crippen molar-refractivity contribution in [3.8, 4) is 0 Å². The number of nitrogens with zero attached hydrogens (tertiary/aromatic N) is 1. The maximum atomic E-state index is 11.9. The molecule has 6 heteroatoms. The number of carbonyl (C=O) groups is 2. The zero-order valence-corrected chi connectivity index (χ0v) is 10.1. The fraction of sp³-hybridized carbons (Fsp3) is 0.250. The van der Waals surface area contributed by atoms with Crippen LogP contribution >= 0.6 is 11.3 Å². The molecule has 18 heavy (non-hydrogen) atoms. The summed E-state index contributed by atoms with van der Waals surface area (Å²) in [6.45, 7) is 0.310. The maximum absolute atomic E-state index is 11.9. The summed E-state index contributed by atoms with van der Waals surface area (Å²) < 4.78 is 10.8. The lowest BCUT2D eigenvalue weighted by Crippen LogP contribution is -2.22. The average molecular weight is 263 g/mol. The number of carbonyl (C=O) groups excluding carboxylic acids is 2. The van der Waals surface area contributed by atoms with Crippen molar-refractivity contribution in [1.29, 1.82) is 0 Å². The summed E-state index contributed by atoms with van der Waals surface area (Å²) in [7, 11) is 0. The second-order valence-corrected chi connectivity index (χ2v) is 4.77. The summed E-state index contributed by atoms with van der Waals surface area (Å²) in [6.07, 6.45) is -0.345. The number of cyclic esters (lactones) is 1. The van der Waals surface area contributed by atoms with Gasteiger partial charge in [-0.05, 0) is 18.2 Å². The lowest BCUT2D eigenvalue weighted by Gasteiger charge is -2.07. The predicted molar refractivity (Wildman–Crippen MR) is 64.4 cm³/mol. The van der Waals surface area contributed by atoms with Crippen molar-refractivity contribution in [3.63, 3.8) is 0 Å². The van der Waals surface area contributed by atoms with Crippen LogP contribution in [-0.4, -0.2) is 29.6 Å². The zero-order chi connectivity index (χ0) is 12.5. The third-order valence-electron chi connectivity index (χ3n) is 2.70. The highest BCUT2D eigenvalue weighted by Crippen LogP contribution is 2.20. The number of ether oxygens (including phenoxy) is 2. The van der Waals surface area contributed by atoms with E-state index >= 15 is 0 Å². The van der Waals surface area contributed by atoms with Gasteiger partial charge in [0.1, 0.15) is 0 Å². The van der Waals surface area contributed by atoms with Crippen LogP contribution in [0.2, 0.25) is 0 Å². The number of aromatic nitrogens is 1. The standard InChI is InChI=1S/C12H9NO4S/c14-11(17-9-3-4-16-12(9)15)7-1-2-8-10(5-7)18-6-13-8/h1-2,5-6,9H,3-4H2/t9-/m0/s1. The molecule has 0 aliphatic carbocycles. The molecule has 0 spiro atoms. The monoisotopic (exact) mass is 263 g/mol. The van der Waals surface area contributed by atoms with Crippen molar-refractivity contribution in [2.45, 2.75) is 12.5 Å². The number of esters is 2. The van der Waals surface area contributed by atoms with Gasteiger partial charge >= 0.3 is 11.9 Å². The largest absolute Gasteiger partial charge is 0.463 e. The van der Waals surface area contributed by atoms with Gasteiger partial charge in [0.2, 0.25) is 6.10 Å². The number of hydrogen-bond acceptors (Lipinski definition) is 6. The normalized spacial score (nSPS) is 18.9. The SMILES string of the molecule is O=C(O[C@H]1CCOC1=O)c1ccc2ncsc2c1. The van der Waals surface area contributed by atoms with E-state index in [0.29, 0.717) is 18.6 Å². The van der Waals surface area contributed by atoms with Gasteiger partial charge < -0.3 is 9.47 Å². The molecule has 1 saturated heterocycles. The average Bonchev–Trinajstić information content (AvgIpc) is 2.98. The van der Waals surface area contributed by atoms with Gasteiger partial charge in [0, 0.05) is 6.42 Å². The number of benzene rings is 1. The van der Waals surface area contributed by atoms with Gasteiger partial charge in [-0.15, -0.1) is 11.3 Å². The van der Waals surface area contributed by atoms with Gasteiger partial charge in [-0.25, -0.2) is 14.6 Å². The summed E-state index contributed by atoms with van der Waals surface area (Å²) in [5.74, 6) is -0.976.